The van der Waals surface area contributed by atoms with Crippen LogP contribution in [-0.2, 0) is 13.5 Å². The fourth-order valence-corrected chi connectivity index (χ4v) is 1.95. The van der Waals surface area contributed by atoms with Gasteiger partial charge in [-0.25, -0.2) is 4.98 Å². The van der Waals surface area contributed by atoms with Crippen molar-refractivity contribution in [3.8, 4) is 0 Å². The largest absolute Gasteiger partial charge is 0.373 e. The molecule has 0 bridgehead atoms. The first-order valence-electron chi connectivity index (χ1n) is 6.50. The van der Waals surface area contributed by atoms with E-state index in [2.05, 4.69) is 20.7 Å². The van der Waals surface area contributed by atoms with Crippen LogP contribution in [0.2, 0.25) is 0 Å². The molecule has 1 amide bonds. The number of aromatic nitrogens is 3. The SMILES string of the molecule is CNc1cc(C(=O)NCCc2cnn(C)c2)cc(C)n1. The molecular weight excluding hydrogens is 254 g/mol. The van der Waals surface area contributed by atoms with Gasteiger partial charge in [0.25, 0.3) is 5.91 Å². The number of carbonyl (C=O) groups is 1. The molecular formula is C14H19N5O. The summed E-state index contributed by atoms with van der Waals surface area (Å²) in [4.78, 5) is 16.3. The molecule has 0 aliphatic rings. The molecule has 0 fully saturated rings. The van der Waals surface area contributed by atoms with Crippen molar-refractivity contribution in [2.75, 3.05) is 18.9 Å². The molecule has 2 N–H and O–H groups in total. The van der Waals surface area contributed by atoms with Crippen LogP contribution in [0.3, 0.4) is 0 Å². The average Bonchev–Trinajstić information content (AvgIpc) is 2.83. The molecule has 20 heavy (non-hydrogen) atoms. The Labute approximate surface area is 118 Å². The quantitative estimate of drug-likeness (QED) is 0.857. The molecule has 0 radical (unpaired) electrons. The number of aryl methyl sites for hydroxylation is 2. The number of anilines is 1. The molecule has 2 aromatic heterocycles. The Morgan fingerprint density at radius 3 is 2.85 bits per heavy atom. The minimum absolute atomic E-state index is 0.0871. The Morgan fingerprint density at radius 1 is 1.40 bits per heavy atom. The molecule has 6 nitrogen and oxygen atoms in total. The lowest BCUT2D eigenvalue weighted by molar-refractivity contribution is 0.0954. The standard InChI is InChI=1S/C14H19N5O/c1-10-6-12(7-13(15-2)18-10)14(20)16-5-4-11-8-17-19(3)9-11/h6-9H,4-5H2,1-3H3,(H,15,18)(H,16,20). The highest BCUT2D eigenvalue weighted by Gasteiger charge is 2.08. The van der Waals surface area contributed by atoms with Crippen LogP contribution in [0.5, 0.6) is 0 Å². The van der Waals surface area contributed by atoms with E-state index in [-0.39, 0.29) is 5.91 Å². The molecule has 0 atom stereocenters. The number of pyridine rings is 1. The summed E-state index contributed by atoms with van der Waals surface area (Å²) in [5, 5.41) is 9.94. The van der Waals surface area contributed by atoms with Crippen LogP contribution in [0.25, 0.3) is 0 Å². The molecule has 0 aliphatic carbocycles. The van der Waals surface area contributed by atoms with Gasteiger partial charge < -0.3 is 10.6 Å². The van der Waals surface area contributed by atoms with E-state index >= 15 is 0 Å². The second-order valence-corrected chi connectivity index (χ2v) is 4.66. The van der Waals surface area contributed by atoms with Gasteiger partial charge in [0.1, 0.15) is 5.82 Å². The molecule has 6 heteroatoms. The maximum atomic E-state index is 12.1. The molecule has 2 rings (SSSR count). The highest BCUT2D eigenvalue weighted by Crippen LogP contribution is 2.09. The predicted octanol–water partition coefficient (Wildman–Crippen LogP) is 1.14. The Hall–Kier alpha value is -2.37. The van der Waals surface area contributed by atoms with Crippen molar-refractivity contribution >= 4 is 11.7 Å². The summed E-state index contributed by atoms with van der Waals surface area (Å²) in [5.41, 5.74) is 2.54. The maximum absolute atomic E-state index is 12.1. The number of rotatable bonds is 5. The van der Waals surface area contributed by atoms with E-state index in [4.69, 9.17) is 0 Å². The summed E-state index contributed by atoms with van der Waals surface area (Å²) in [6.45, 7) is 2.45. The Balaban J connectivity index is 1.93. The lowest BCUT2D eigenvalue weighted by Gasteiger charge is -2.07. The van der Waals surface area contributed by atoms with Gasteiger partial charge in [0.05, 0.1) is 6.20 Å². The van der Waals surface area contributed by atoms with Crippen molar-refractivity contribution in [1.29, 1.82) is 0 Å². The third-order valence-electron chi connectivity index (χ3n) is 2.93. The zero-order valence-corrected chi connectivity index (χ0v) is 12.0. The van der Waals surface area contributed by atoms with E-state index in [1.54, 1.807) is 23.9 Å². The van der Waals surface area contributed by atoms with Crippen LogP contribution in [-0.4, -0.2) is 34.3 Å². The van der Waals surface area contributed by atoms with Gasteiger partial charge in [0.15, 0.2) is 0 Å². The van der Waals surface area contributed by atoms with Gasteiger partial charge in [-0.3, -0.25) is 9.48 Å². The van der Waals surface area contributed by atoms with Crippen LogP contribution in [0.4, 0.5) is 5.82 Å². The van der Waals surface area contributed by atoms with Crippen LogP contribution in [0.15, 0.2) is 24.5 Å². The lowest BCUT2D eigenvalue weighted by Crippen LogP contribution is -2.25. The van der Waals surface area contributed by atoms with Gasteiger partial charge in [0.2, 0.25) is 0 Å². The minimum atomic E-state index is -0.0871. The number of hydrogen-bond acceptors (Lipinski definition) is 4. The second-order valence-electron chi connectivity index (χ2n) is 4.66. The van der Waals surface area contributed by atoms with Crippen molar-refractivity contribution in [3.05, 3.63) is 41.3 Å². The van der Waals surface area contributed by atoms with Crippen LogP contribution >= 0.6 is 0 Å². The summed E-state index contributed by atoms with van der Waals surface area (Å²) >= 11 is 0. The minimum Gasteiger partial charge on any atom is -0.373 e. The smallest absolute Gasteiger partial charge is 0.251 e. The number of carbonyl (C=O) groups excluding carboxylic acids is 1. The van der Waals surface area contributed by atoms with Crippen LogP contribution in [0.1, 0.15) is 21.6 Å². The van der Waals surface area contributed by atoms with E-state index in [1.807, 2.05) is 26.4 Å². The second kappa shape index (κ2) is 6.18. The van der Waals surface area contributed by atoms with Gasteiger partial charge in [-0.2, -0.15) is 5.10 Å². The third kappa shape index (κ3) is 3.57. The number of hydrogen-bond donors (Lipinski definition) is 2. The van der Waals surface area contributed by atoms with Gasteiger partial charge in [-0.1, -0.05) is 0 Å². The fourth-order valence-electron chi connectivity index (χ4n) is 1.95. The molecule has 0 unspecified atom stereocenters. The summed E-state index contributed by atoms with van der Waals surface area (Å²) in [5.74, 6) is 0.610. The van der Waals surface area contributed by atoms with Gasteiger partial charge in [-0.15, -0.1) is 0 Å². The molecule has 2 aromatic rings. The zero-order chi connectivity index (χ0) is 14.5. The van der Waals surface area contributed by atoms with Crippen molar-refractivity contribution in [2.45, 2.75) is 13.3 Å². The maximum Gasteiger partial charge on any atom is 0.251 e. The first kappa shape index (κ1) is 14.0. The van der Waals surface area contributed by atoms with Gasteiger partial charge >= 0.3 is 0 Å². The van der Waals surface area contributed by atoms with E-state index in [0.29, 0.717) is 17.9 Å². The Morgan fingerprint density at radius 2 is 2.20 bits per heavy atom. The normalized spacial score (nSPS) is 10.3. The first-order chi connectivity index (χ1) is 9.58. The summed E-state index contributed by atoms with van der Waals surface area (Å²) < 4.78 is 1.75. The Bertz CT molecular complexity index is 605. The monoisotopic (exact) mass is 273 g/mol. The topological polar surface area (TPSA) is 71.8 Å². The lowest BCUT2D eigenvalue weighted by atomic mass is 10.2. The van der Waals surface area contributed by atoms with Crippen molar-refractivity contribution < 1.29 is 4.79 Å². The number of nitrogens with zero attached hydrogens (tertiary/aromatic N) is 3. The van der Waals surface area contributed by atoms with Crippen molar-refractivity contribution in [3.63, 3.8) is 0 Å². The highest BCUT2D eigenvalue weighted by molar-refractivity contribution is 5.94. The van der Waals surface area contributed by atoms with Crippen LogP contribution < -0.4 is 10.6 Å². The van der Waals surface area contributed by atoms with Crippen molar-refractivity contribution in [1.82, 2.24) is 20.1 Å². The Kier molecular flexibility index (Phi) is 4.34. The van der Waals surface area contributed by atoms with Gasteiger partial charge in [0, 0.05) is 38.1 Å². The highest BCUT2D eigenvalue weighted by atomic mass is 16.1. The number of amides is 1. The van der Waals surface area contributed by atoms with E-state index < -0.39 is 0 Å². The molecule has 0 aliphatic heterocycles. The summed E-state index contributed by atoms with van der Waals surface area (Å²) in [6.07, 6.45) is 4.52. The zero-order valence-electron chi connectivity index (χ0n) is 12.0. The van der Waals surface area contributed by atoms with E-state index in [0.717, 1.165) is 17.7 Å². The van der Waals surface area contributed by atoms with Gasteiger partial charge in [-0.05, 0) is 31.0 Å². The first-order valence-corrected chi connectivity index (χ1v) is 6.50. The molecule has 0 saturated heterocycles. The molecule has 2 heterocycles. The molecule has 0 spiro atoms. The van der Waals surface area contributed by atoms with E-state index in [9.17, 15) is 4.79 Å². The summed E-state index contributed by atoms with van der Waals surface area (Å²) in [7, 11) is 3.66. The van der Waals surface area contributed by atoms with E-state index in [1.165, 1.54) is 0 Å². The summed E-state index contributed by atoms with van der Waals surface area (Å²) in [6, 6.07) is 3.52. The van der Waals surface area contributed by atoms with Crippen molar-refractivity contribution in [2.24, 2.45) is 7.05 Å². The molecule has 0 saturated carbocycles. The predicted molar refractivity (Wildman–Crippen MR) is 77.8 cm³/mol. The molecule has 0 aromatic carbocycles. The third-order valence-corrected chi connectivity index (χ3v) is 2.93. The fraction of sp³-hybridized carbons (Fsp3) is 0.357. The average molecular weight is 273 g/mol. The molecule has 106 valence electrons. The number of nitrogens with one attached hydrogen (secondary N) is 2. The van der Waals surface area contributed by atoms with Crippen LogP contribution in [0, 0.1) is 6.92 Å².